The average molecular weight is 263 g/mol. The third-order valence-corrected chi connectivity index (χ3v) is 2.31. The van der Waals surface area contributed by atoms with Crippen LogP contribution in [0.2, 0.25) is 0 Å². The molecule has 0 fully saturated rings. The van der Waals surface area contributed by atoms with Crippen molar-refractivity contribution < 1.29 is 4.39 Å². The van der Waals surface area contributed by atoms with E-state index in [9.17, 15) is 4.39 Å². The highest BCUT2D eigenvalue weighted by molar-refractivity contribution is 14.1. The van der Waals surface area contributed by atoms with Gasteiger partial charge in [0.25, 0.3) is 0 Å². The number of fused-ring (bicyclic) bond motifs is 1. The molecule has 0 aliphatic rings. The molecule has 3 nitrogen and oxygen atoms in total. The molecule has 0 aliphatic carbocycles. The van der Waals surface area contributed by atoms with Crippen LogP contribution in [-0.2, 0) is 0 Å². The molecular weight excluding hydrogens is 260 g/mol. The minimum absolute atomic E-state index is 0.274. The van der Waals surface area contributed by atoms with E-state index in [1.807, 2.05) is 22.6 Å². The van der Waals surface area contributed by atoms with Crippen LogP contribution >= 0.6 is 22.6 Å². The van der Waals surface area contributed by atoms with Crippen LogP contribution in [0.3, 0.4) is 0 Å². The van der Waals surface area contributed by atoms with Crippen LogP contribution in [0, 0.1) is 9.52 Å². The van der Waals surface area contributed by atoms with E-state index in [0.717, 1.165) is 0 Å². The first-order valence-electron chi connectivity index (χ1n) is 2.93. The summed E-state index contributed by atoms with van der Waals surface area (Å²) < 4.78 is 14.7. The molecule has 0 saturated heterocycles. The van der Waals surface area contributed by atoms with Crippen LogP contribution in [0.5, 0.6) is 0 Å². The van der Waals surface area contributed by atoms with Crippen LogP contribution in [0.25, 0.3) is 5.65 Å². The summed E-state index contributed by atoms with van der Waals surface area (Å²) in [6.45, 7) is 0. The van der Waals surface area contributed by atoms with Crippen molar-refractivity contribution in [2.75, 3.05) is 0 Å². The van der Waals surface area contributed by atoms with Crippen molar-refractivity contribution in [1.82, 2.24) is 14.6 Å². The van der Waals surface area contributed by atoms with E-state index in [4.69, 9.17) is 0 Å². The Morgan fingerprint density at radius 1 is 1.45 bits per heavy atom. The third kappa shape index (κ3) is 0.991. The van der Waals surface area contributed by atoms with Gasteiger partial charge in [-0.05, 0) is 34.7 Å². The SMILES string of the molecule is Fc1ccc2ncnn2c1I. The van der Waals surface area contributed by atoms with E-state index in [-0.39, 0.29) is 5.82 Å². The van der Waals surface area contributed by atoms with Gasteiger partial charge in [-0.25, -0.2) is 13.9 Å². The summed E-state index contributed by atoms with van der Waals surface area (Å²) in [6, 6.07) is 2.97. The maximum atomic E-state index is 12.8. The van der Waals surface area contributed by atoms with E-state index in [2.05, 4.69) is 10.1 Å². The lowest BCUT2D eigenvalue weighted by Crippen LogP contribution is -1.95. The Balaban J connectivity index is 2.93. The first kappa shape index (κ1) is 6.96. The number of hydrogen-bond acceptors (Lipinski definition) is 2. The van der Waals surface area contributed by atoms with Gasteiger partial charge in [-0.2, -0.15) is 5.10 Å². The number of rotatable bonds is 0. The Morgan fingerprint density at radius 3 is 3.09 bits per heavy atom. The molecule has 56 valence electrons. The van der Waals surface area contributed by atoms with Crippen molar-refractivity contribution in [2.24, 2.45) is 0 Å². The smallest absolute Gasteiger partial charge is 0.156 e. The molecule has 0 atom stereocenters. The summed E-state index contributed by atoms with van der Waals surface area (Å²) >= 11 is 1.88. The zero-order chi connectivity index (χ0) is 7.84. The summed E-state index contributed by atoms with van der Waals surface area (Å²) in [7, 11) is 0. The van der Waals surface area contributed by atoms with Crippen LogP contribution in [0.15, 0.2) is 18.5 Å². The van der Waals surface area contributed by atoms with Crippen molar-refractivity contribution in [1.29, 1.82) is 0 Å². The van der Waals surface area contributed by atoms with Gasteiger partial charge >= 0.3 is 0 Å². The second kappa shape index (κ2) is 2.40. The molecule has 0 amide bonds. The predicted molar refractivity (Wildman–Crippen MR) is 45.7 cm³/mol. The molecule has 0 radical (unpaired) electrons. The summed E-state index contributed by atoms with van der Waals surface area (Å²) in [4.78, 5) is 3.90. The van der Waals surface area contributed by atoms with Crippen LogP contribution < -0.4 is 0 Å². The van der Waals surface area contributed by atoms with Crippen molar-refractivity contribution in [3.8, 4) is 0 Å². The van der Waals surface area contributed by atoms with Gasteiger partial charge in [0.1, 0.15) is 10.0 Å². The van der Waals surface area contributed by atoms with Crippen molar-refractivity contribution in [3.63, 3.8) is 0 Å². The van der Waals surface area contributed by atoms with Gasteiger partial charge in [-0.3, -0.25) is 0 Å². The normalized spacial score (nSPS) is 10.7. The minimum atomic E-state index is -0.274. The fourth-order valence-electron chi connectivity index (χ4n) is 0.833. The fourth-order valence-corrected chi connectivity index (χ4v) is 1.38. The van der Waals surface area contributed by atoms with E-state index in [0.29, 0.717) is 9.35 Å². The molecular formula is C6H3FIN3. The summed E-state index contributed by atoms with van der Waals surface area (Å²) in [5, 5.41) is 3.84. The highest BCUT2D eigenvalue weighted by Crippen LogP contribution is 2.10. The van der Waals surface area contributed by atoms with Gasteiger partial charge in [0.2, 0.25) is 0 Å². The Morgan fingerprint density at radius 2 is 2.27 bits per heavy atom. The molecule has 0 saturated carbocycles. The molecule has 2 aromatic rings. The maximum Gasteiger partial charge on any atom is 0.156 e. The Kier molecular flexibility index (Phi) is 1.52. The second-order valence-corrected chi connectivity index (χ2v) is 3.02. The van der Waals surface area contributed by atoms with Crippen LogP contribution in [0.1, 0.15) is 0 Å². The monoisotopic (exact) mass is 263 g/mol. The molecule has 0 aliphatic heterocycles. The first-order valence-corrected chi connectivity index (χ1v) is 4.00. The number of aromatic nitrogens is 3. The van der Waals surface area contributed by atoms with Crippen molar-refractivity contribution in [2.45, 2.75) is 0 Å². The molecule has 11 heavy (non-hydrogen) atoms. The van der Waals surface area contributed by atoms with Gasteiger partial charge in [0.05, 0.1) is 0 Å². The molecule has 2 aromatic heterocycles. The lowest BCUT2D eigenvalue weighted by atomic mass is 10.5. The van der Waals surface area contributed by atoms with Gasteiger partial charge in [-0.1, -0.05) is 0 Å². The second-order valence-electron chi connectivity index (χ2n) is 2.00. The molecule has 0 aromatic carbocycles. The Labute approximate surface area is 75.4 Å². The van der Waals surface area contributed by atoms with Gasteiger partial charge in [0.15, 0.2) is 11.5 Å². The number of pyridine rings is 1. The standard InChI is InChI=1S/C6H3FIN3/c7-4-1-2-5-9-3-10-11(5)6(4)8/h1-3H. The third-order valence-electron chi connectivity index (χ3n) is 1.34. The topological polar surface area (TPSA) is 30.2 Å². The molecule has 0 unspecified atom stereocenters. The fraction of sp³-hybridized carbons (Fsp3) is 0. The van der Waals surface area contributed by atoms with E-state index in [1.165, 1.54) is 16.9 Å². The molecule has 0 N–H and O–H groups in total. The quantitative estimate of drug-likeness (QED) is 0.532. The molecule has 5 heteroatoms. The molecule has 2 heterocycles. The van der Waals surface area contributed by atoms with Gasteiger partial charge < -0.3 is 0 Å². The maximum absolute atomic E-state index is 12.8. The Bertz CT molecular complexity index is 398. The lowest BCUT2D eigenvalue weighted by molar-refractivity contribution is 0.603. The van der Waals surface area contributed by atoms with Crippen LogP contribution in [-0.4, -0.2) is 14.6 Å². The number of hydrogen-bond donors (Lipinski definition) is 0. The Hall–Kier alpha value is -0.720. The number of nitrogens with zero attached hydrogens (tertiary/aromatic N) is 3. The largest absolute Gasteiger partial charge is 0.215 e. The van der Waals surface area contributed by atoms with Crippen molar-refractivity contribution in [3.05, 3.63) is 28.0 Å². The van der Waals surface area contributed by atoms with Gasteiger partial charge in [-0.15, -0.1) is 0 Å². The van der Waals surface area contributed by atoms with Gasteiger partial charge in [0, 0.05) is 0 Å². The first-order chi connectivity index (χ1) is 5.29. The van der Waals surface area contributed by atoms with E-state index >= 15 is 0 Å². The zero-order valence-electron chi connectivity index (χ0n) is 5.33. The lowest BCUT2D eigenvalue weighted by Gasteiger charge is -1.95. The van der Waals surface area contributed by atoms with Crippen molar-refractivity contribution >= 4 is 28.2 Å². The molecule has 2 rings (SSSR count). The van der Waals surface area contributed by atoms with E-state index < -0.39 is 0 Å². The zero-order valence-corrected chi connectivity index (χ0v) is 7.49. The number of halogens is 2. The average Bonchev–Trinajstić information content (AvgIpc) is 2.45. The summed E-state index contributed by atoms with van der Waals surface area (Å²) in [6.07, 6.45) is 1.40. The summed E-state index contributed by atoms with van der Waals surface area (Å²) in [5.74, 6) is -0.274. The highest BCUT2D eigenvalue weighted by atomic mass is 127. The van der Waals surface area contributed by atoms with Crippen LogP contribution in [0.4, 0.5) is 4.39 Å². The molecule has 0 spiro atoms. The highest BCUT2D eigenvalue weighted by Gasteiger charge is 2.03. The summed E-state index contributed by atoms with van der Waals surface area (Å²) in [5.41, 5.74) is 0.663. The minimum Gasteiger partial charge on any atom is -0.215 e. The molecule has 0 bridgehead atoms. The van der Waals surface area contributed by atoms with E-state index in [1.54, 1.807) is 6.07 Å². The predicted octanol–water partition coefficient (Wildman–Crippen LogP) is 1.47.